The van der Waals surface area contributed by atoms with Crippen LogP contribution in [0.2, 0.25) is 0 Å². The van der Waals surface area contributed by atoms with E-state index in [2.05, 4.69) is 0 Å². The predicted molar refractivity (Wildman–Crippen MR) is 59.5 cm³/mol. The molecule has 0 aliphatic carbocycles. The maximum Gasteiger partial charge on any atom is 0.323 e. The van der Waals surface area contributed by atoms with Gasteiger partial charge in [-0.2, -0.15) is 0 Å². The van der Waals surface area contributed by atoms with Crippen molar-refractivity contribution >= 4 is 5.97 Å². The Morgan fingerprint density at radius 2 is 2.27 bits per heavy atom. The average Bonchev–Trinajstić information content (AvgIpc) is 2.18. The Kier molecular flexibility index (Phi) is 4.31. The zero-order chi connectivity index (χ0) is 11.3. The molecule has 0 radical (unpaired) electrons. The Labute approximate surface area is 90.2 Å². The van der Waals surface area contributed by atoms with E-state index in [1.807, 2.05) is 31.2 Å². The lowest BCUT2D eigenvalue weighted by molar-refractivity contribution is -0.144. The van der Waals surface area contributed by atoms with Crippen LogP contribution < -0.4 is 5.73 Å². The molecule has 0 aliphatic heterocycles. The van der Waals surface area contributed by atoms with Gasteiger partial charge in [0, 0.05) is 0 Å². The van der Waals surface area contributed by atoms with Gasteiger partial charge in [-0.15, -0.1) is 0 Å². The standard InChI is InChI=1S/C12H17NO2/c1-3-15-12(14)11(13)8-10-6-4-5-9(2)7-10/h4-7,11H,3,8,13H2,1-2H3/t11-/m1/s1. The summed E-state index contributed by atoms with van der Waals surface area (Å²) in [5, 5.41) is 0. The van der Waals surface area contributed by atoms with Crippen molar-refractivity contribution in [3.05, 3.63) is 35.4 Å². The summed E-state index contributed by atoms with van der Waals surface area (Å²) in [6.45, 7) is 4.16. The Hall–Kier alpha value is -1.35. The zero-order valence-corrected chi connectivity index (χ0v) is 9.19. The Morgan fingerprint density at radius 1 is 1.53 bits per heavy atom. The van der Waals surface area contributed by atoms with E-state index in [1.165, 1.54) is 5.56 Å². The third-order valence-electron chi connectivity index (χ3n) is 2.13. The number of ether oxygens (including phenoxy) is 1. The highest BCUT2D eigenvalue weighted by Crippen LogP contribution is 2.06. The van der Waals surface area contributed by atoms with E-state index in [-0.39, 0.29) is 5.97 Å². The molecule has 15 heavy (non-hydrogen) atoms. The SMILES string of the molecule is CCOC(=O)[C@H](N)Cc1cccc(C)c1. The first-order valence-corrected chi connectivity index (χ1v) is 5.11. The largest absolute Gasteiger partial charge is 0.465 e. The summed E-state index contributed by atoms with van der Waals surface area (Å²) in [7, 11) is 0. The molecule has 3 heteroatoms. The molecule has 2 N–H and O–H groups in total. The lowest BCUT2D eigenvalue weighted by Crippen LogP contribution is -2.34. The van der Waals surface area contributed by atoms with Gasteiger partial charge in [-0.3, -0.25) is 4.79 Å². The first-order valence-electron chi connectivity index (χ1n) is 5.11. The van der Waals surface area contributed by atoms with Crippen molar-refractivity contribution in [3.8, 4) is 0 Å². The van der Waals surface area contributed by atoms with Gasteiger partial charge in [-0.25, -0.2) is 0 Å². The third kappa shape index (κ3) is 3.72. The molecule has 0 aliphatic rings. The van der Waals surface area contributed by atoms with Crippen LogP contribution in [0.25, 0.3) is 0 Å². The summed E-state index contributed by atoms with van der Waals surface area (Å²) in [6, 6.07) is 7.40. The third-order valence-corrected chi connectivity index (χ3v) is 2.13. The highest BCUT2D eigenvalue weighted by Gasteiger charge is 2.14. The van der Waals surface area contributed by atoms with Gasteiger partial charge < -0.3 is 10.5 Å². The molecule has 0 unspecified atom stereocenters. The minimum atomic E-state index is -0.563. The second-order valence-electron chi connectivity index (χ2n) is 3.55. The normalized spacial score (nSPS) is 12.2. The van der Waals surface area contributed by atoms with Gasteiger partial charge in [0.2, 0.25) is 0 Å². The van der Waals surface area contributed by atoms with Gasteiger partial charge >= 0.3 is 5.97 Å². The molecule has 1 aromatic carbocycles. The number of carbonyl (C=O) groups is 1. The summed E-state index contributed by atoms with van der Waals surface area (Å²) in [4.78, 5) is 11.3. The topological polar surface area (TPSA) is 52.3 Å². The summed E-state index contributed by atoms with van der Waals surface area (Å²) >= 11 is 0. The van der Waals surface area contributed by atoms with Gasteiger partial charge in [-0.05, 0) is 25.8 Å². The fourth-order valence-electron chi connectivity index (χ4n) is 1.43. The Morgan fingerprint density at radius 3 is 2.87 bits per heavy atom. The lowest BCUT2D eigenvalue weighted by Gasteiger charge is -2.10. The van der Waals surface area contributed by atoms with Gasteiger partial charge in [0.05, 0.1) is 6.61 Å². The molecule has 0 heterocycles. The van der Waals surface area contributed by atoms with E-state index in [1.54, 1.807) is 6.92 Å². The fourth-order valence-corrected chi connectivity index (χ4v) is 1.43. The summed E-state index contributed by atoms with van der Waals surface area (Å²) in [6.07, 6.45) is 0.528. The quantitative estimate of drug-likeness (QED) is 0.760. The number of hydrogen-bond donors (Lipinski definition) is 1. The molecule has 0 amide bonds. The van der Waals surface area contributed by atoms with Crippen molar-refractivity contribution in [1.29, 1.82) is 0 Å². The molecule has 0 fully saturated rings. The van der Waals surface area contributed by atoms with Crippen LogP contribution in [0.1, 0.15) is 18.1 Å². The molecule has 82 valence electrons. The number of aryl methyl sites for hydroxylation is 1. The van der Waals surface area contributed by atoms with Crippen LogP contribution in [0.5, 0.6) is 0 Å². The fraction of sp³-hybridized carbons (Fsp3) is 0.417. The molecule has 0 spiro atoms. The second-order valence-corrected chi connectivity index (χ2v) is 3.55. The maximum atomic E-state index is 11.3. The number of benzene rings is 1. The maximum absolute atomic E-state index is 11.3. The van der Waals surface area contributed by atoms with E-state index >= 15 is 0 Å². The van der Waals surface area contributed by atoms with Crippen LogP contribution in [-0.2, 0) is 16.0 Å². The molecule has 1 rings (SSSR count). The highest BCUT2D eigenvalue weighted by atomic mass is 16.5. The average molecular weight is 207 g/mol. The van der Waals surface area contributed by atoms with Gasteiger partial charge in [0.15, 0.2) is 0 Å². The second kappa shape index (κ2) is 5.51. The first kappa shape index (κ1) is 11.7. The molecular formula is C12H17NO2. The van der Waals surface area contributed by atoms with Crippen molar-refractivity contribution in [2.75, 3.05) is 6.61 Å². The van der Waals surface area contributed by atoms with E-state index in [0.29, 0.717) is 13.0 Å². The minimum absolute atomic E-state index is 0.334. The van der Waals surface area contributed by atoms with Crippen molar-refractivity contribution in [1.82, 2.24) is 0 Å². The van der Waals surface area contributed by atoms with Gasteiger partial charge in [-0.1, -0.05) is 29.8 Å². The van der Waals surface area contributed by atoms with E-state index < -0.39 is 6.04 Å². The molecule has 1 aromatic rings. The van der Waals surface area contributed by atoms with Crippen molar-refractivity contribution in [2.45, 2.75) is 26.3 Å². The monoisotopic (exact) mass is 207 g/mol. The van der Waals surface area contributed by atoms with E-state index in [0.717, 1.165) is 5.56 Å². The van der Waals surface area contributed by atoms with Crippen LogP contribution in [0, 0.1) is 6.92 Å². The number of rotatable bonds is 4. The highest BCUT2D eigenvalue weighted by molar-refractivity contribution is 5.75. The van der Waals surface area contributed by atoms with Crippen molar-refractivity contribution in [3.63, 3.8) is 0 Å². The Balaban J connectivity index is 2.58. The van der Waals surface area contributed by atoms with E-state index in [9.17, 15) is 4.79 Å². The summed E-state index contributed by atoms with van der Waals surface area (Å²) < 4.78 is 4.84. The molecule has 3 nitrogen and oxygen atoms in total. The zero-order valence-electron chi connectivity index (χ0n) is 9.19. The summed E-state index contributed by atoms with van der Waals surface area (Å²) in [5.74, 6) is -0.334. The summed E-state index contributed by atoms with van der Waals surface area (Å²) in [5.41, 5.74) is 7.95. The Bertz CT molecular complexity index is 336. The molecule has 0 saturated heterocycles. The van der Waals surface area contributed by atoms with Crippen LogP contribution in [-0.4, -0.2) is 18.6 Å². The van der Waals surface area contributed by atoms with Crippen LogP contribution >= 0.6 is 0 Å². The number of carbonyl (C=O) groups excluding carboxylic acids is 1. The van der Waals surface area contributed by atoms with Crippen molar-refractivity contribution < 1.29 is 9.53 Å². The number of esters is 1. The molecule has 0 aromatic heterocycles. The minimum Gasteiger partial charge on any atom is -0.465 e. The van der Waals surface area contributed by atoms with Crippen molar-refractivity contribution in [2.24, 2.45) is 5.73 Å². The molecule has 0 saturated carbocycles. The molecule has 0 bridgehead atoms. The predicted octanol–water partition coefficient (Wildman–Crippen LogP) is 1.43. The van der Waals surface area contributed by atoms with Gasteiger partial charge in [0.1, 0.15) is 6.04 Å². The number of nitrogens with two attached hydrogens (primary N) is 1. The lowest BCUT2D eigenvalue weighted by atomic mass is 10.0. The number of hydrogen-bond acceptors (Lipinski definition) is 3. The van der Waals surface area contributed by atoms with Crippen LogP contribution in [0.15, 0.2) is 24.3 Å². The molecular weight excluding hydrogens is 190 g/mol. The molecule has 1 atom stereocenters. The van der Waals surface area contributed by atoms with Crippen LogP contribution in [0.3, 0.4) is 0 Å². The first-order chi connectivity index (χ1) is 7.13. The smallest absolute Gasteiger partial charge is 0.323 e. The van der Waals surface area contributed by atoms with Gasteiger partial charge in [0.25, 0.3) is 0 Å². The van der Waals surface area contributed by atoms with Crippen LogP contribution in [0.4, 0.5) is 0 Å². The van der Waals surface area contributed by atoms with E-state index in [4.69, 9.17) is 10.5 Å².